The van der Waals surface area contributed by atoms with Crippen molar-refractivity contribution in [2.24, 2.45) is 0 Å². The molecule has 0 bridgehead atoms. The van der Waals surface area contributed by atoms with Crippen LogP contribution in [-0.4, -0.2) is 63.2 Å². The van der Waals surface area contributed by atoms with Gasteiger partial charge in [0.25, 0.3) is 5.91 Å². The summed E-state index contributed by atoms with van der Waals surface area (Å²) in [6.45, 7) is 1.25. The van der Waals surface area contributed by atoms with Crippen LogP contribution in [0.15, 0.2) is 41.3 Å². The van der Waals surface area contributed by atoms with E-state index in [1.54, 1.807) is 5.32 Å². The molecule has 192 valence electrons. The molecular formula is C23H21F5N4O4. The van der Waals surface area contributed by atoms with Crippen molar-refractivity contribution < 1.29 is 37.0 Å². The summed E-state index contributed by atoms with van der Waals surface area (Å²) in [4.78, 5) is 31.7. The molecule has 0 unspecified atom stereocenters. The van der Waals surface area contributed by atoms with Gasteiger partial charge in [-0.15, -0.1) is 0 Å². The molecule has 1 saturated heterocycles. The van der Waals surface area contributed by atoms with E-state index in [-0.39, 0.29) is 35.6 Å². The minimum Gasteiger partial charge on any atom is -0.389 e. The van der Waals surface area contributed by atoms with Gasteiger partial charge in [-0.25, -0.2) is 13.8 Å². The van der Waals surface area contributed by atoms with Crippen LogP contribution in [0.4, 0.5) is 27.8 Å². The zero-order valence-corrected chi connectivity index (χ0v) is 18.8. The van der Waals surface area contributed by atoms with Crippen molar-refractivity contribution >= 4 is 22.8 Å². The molecule has 0 radical (unpaired) electrons. The van der Waals surface area contributed by atoms with Crippen molar-refractivity contribution in [2.45, 2.75) is 37.8 Å². The van der Waals surface area contributed by atoms with E-state index in [1.807, 2.05) is 0 Å². The molecule has 1 aliphatic rings. The number of aliphatic hydroxyl groups excluding tert-OH is 2. The molecule has 1 fully saturated rings. The smallest absolute Gasteiger partial charge is 0.389 e. The number of amides is 1. The predicted molar refractivity (Wildman–Crippen MR) is 119 cm³/mol. The number of carbonyl (C=O) groups excluding carboxylic acids is 1. The van der Waals surface area contributed by atoms with Crippen molar-refractivity contribution in [1.82, 2.24) is 14.9 Å². The van der Waals surface area contributed by atoms with Gasteiger partial charge in [0.1, 0.15) is 29.1 Å². The summed E-state index contributed by atoms with van der Waals surface area (Å²) >= 11 is 0. The lowest BCUT2D eigenvalue weighted by Crippen LogP contribution is -2.46. The van der Waals surface area contributed by atoms with Crippen LogP contribution < -0.4 is 15.6 Å². The number of halogens is 5. The number of anilines is 1. The van der Waals surface area contributed by atoms with Crippen molar-refractivity contribution in [3.8, 4) is 5.69 Å². The van der Waals surface area contributed by atoms with Crippen LogP contribution in [-0.2, 0) is 0 Å². The molecular weight excluding hydrogens is 491 g/mol. The first-order valence-electron chi connectivity index (χ1n) is 10.9. The van der Waals surface area contributed by atoms with E-state index in [0.717, 1.165) is 22.9 Å². The average molecular weight is 512 g/mol. The molecule has 3 atom stereocenters. The SMILES string of the molecule is CC[C@@H](NC(=O)c1cn(-c2ccc(F)cc2F)c2nc(N3C[C@@H](O)[C@H](O)C3)ccc2c1=O)C(F)(F)F. The maximum Gasteiger partial charge on any atom is 0.408 e. The number of aliphatic hydroxyl groups is 2. The van der Waals surface area contributed by atoms with Crippen LogP contribution in [0, 0.1) is 11.6 Å². The molecule has 3 heterocycles. The van der Waals surface area contributed by atoms with Crippen LogP contribution >= 0.6 is 0 Å². The number of alkyl halides is 3. The first-order chi connectivity index (χ1) is 16.9. The van der Waals surface area contributed by atoms with Crippen LogP contribution in [0.1, 0.15) is 23.7 Å². The third-order valence-electron chi connectivity index (χ3n) is 5.94. The third kappa shape index (κ3) is 4.75. The first kappa shape index (κ1) is 25.5. The number of aromatic nitrogens is 2. The molecule has 8 nitrogen and oxygen atoms in total. The van der Waals surface area contributed by atoms with E-state index in [1.165, 1.54) is 24.0 Å². The molecule has 0 aliphatic carbocycles. The van der Waals surface area contributed by atoms with Crippen molar-refractivity contribution in [3.63, 3.8) is 0 Å². The lowest BCUT2D eigenvalue weighted by Gasteiger charge is -2.21. The zero-order chi connectivity index (χ0) is 26.4. The summed E-state index contributed by atoms with van der Waals surface area (Å²) in [6, 6.07) is 2.92. The third-order valence-corrected chi connectivity index (χ3v) is 5.94. The molecule has 36 heavy (non-hydrogen) atoms. The molecule has 4 rings (SSSR count). The number of nitrogens with one attached hydrogen (secondary N) is 1. The van der Waals surface area contributed by atoms with Gasteiger partial charge in [-0.1, -0.05) is 6.92 Å². The van der Waals surface area contributed by atoms with Gasteiger partial charge in [0.05, 0.1) is 23.3 Å². The van der Waals surface area contributed by atoms with Gasteiger partial charge in [0.15, 0.2) is 5.65 Å². The Morgan fingerprint density at radius 1 is 1.17 bits per heavy atom. The predicted octanol–water partition coefficient (Wildman–Crippen LogP) is 2.28. The molecule has 0 saturated carbocycles. The highest BCUT2D eigenvalue weighted by Gasteiger charge is 2.40. The molecule has 13 heteroatoms. The fraction of sp³-hybridized carbons (Fsp3) is 0.348. The Bertz CT molecular complexity index is 1370. The zero-order valence-electron chi connectivity index (χ0n) is 18.8. The highest BCUT2D eigenvalue weighted by atomic mass is 19.4. The molecule has 2 aromatic heterocycles. The number of hydrogen-bond donors (Lipinski definition) is 3. The summed E-state index contributed by atoms with van der Waals surface area (Å²) in [5.41, 5.74) is -2.13. The summed E-state index contributed by atoms with van der Waals surface area (Å²) in [5.74, 6) is -3.09. The maximum atomic E-state index is 14.7. The highest BCUT2D eigenvalue weighted by molar-refractivity contribution is 5.97. The number of rotatable bonds is 5. The van der Waals surface area contributed by atoms with E-state index in [0.29, 0.717) is 6.07 Å². The number of β-amino-alcohol motifs (C(OH)–C–C–N with tert-alkyl or cyclic N) is 2. The van der Waals surface area contributed by atoms with Gasteiger partial charge >= 0.3 is 6.18 Å². The monoisotopic (exact) mass is 512 g/mol. The van der Waals surface area contributed by atoms with Crippen LogP contribution in [0.25, 0.3) is 16.7 Å². The van der Waals surface area contributed by atoms with E-state index >= 15 is 0 Å². The van der Waals surface area contributed by atoms with E-state index in [2.05, 4.69) is 4.98 Å². The maximum absolute atomic E-state index is 14.7. The Balaban J connectivity index is 1.90. The van der Waals surface area contributed by atoms with Gasteiger partial charge in [-0.3, -0.25) is 14.2 Å². The molecule has 1 aliphatic heterocycles. The number of benzene rings is 1. The number of carbonyl (C=O) groups is 1. The van der Waals surface area contributed by atoms with E-state index in [9.17, 15) is 41.8 Å². The second kappa shape index (κ2) is 9.47. The van der Waals surface area contributed by atoms with Crippen LogP contribution in [0.3, 0.4) is 0 Å². The quantitative estimate of drug-likeness (QED) is 0.453. The minimum absolute atomic E-state index is 0.0190. The van der Waals surface area contributed by atoms with Crippen molar-refractivity contribution in [2.75, 3.05) is 18.0 Å². The topological polar surface area (TPSA) is 108 Å². The summed E-state index contributed by atoms with van der Waals surface area (Å²) in [6.07, 6.45) is -6.49. The number of pyridine rings is 2. The average Bonchev–Trinajstić information content (AvgIpc) is 3.15. The van der Waals surface area contributed by atoms with Gasteiger partial charge in [-0.2, -0.15) is 13.2 Å². The second-order valence-electron chi connectivity index (χ2n) is 8.39. The second-order valence-corrected chi connectivity index (χ2v) is 8.39. The lowest BCUT2D eigenvalue weighted by atomic mass is 10.1. The van der Waals surface area contributed by atoms with Crippen molar-refractivity contribution in [3.05, 3.63) is 63.9 Å². The number of fused-ring (bicyclic) bond motifs is 1. The summed E-state index contributed by atoms with van der Waals surface area (Å²) < 4.78 is 68.8. The fourth-order valence-corrected chi connectivity index (χ4v) is 4.00. The number of nitrogens with zero attached hydrogens (tertiary/aromatic N) is 3. The Hall–Kier alpha value is -3.58. The number of hydrogen-bond acceptors (Lipinski definition) is 6. The Morgan fingerprint density at radius 3 is 2.42 bits per heavy atom. The van der Waals surface area contributed by atoms with E-state index < -0.39 is 59.4 Å². The van der Waals surface area contributed by atoms with Crippen LogP contribution in [0.5, 0.6) is 0 Å². The largest absolute Gasteiger partial charge is 0.408 e. The molecule has 1 aromatic carbocycles. The minimum atomic E-state index is -4.76. The van der Waals surface area contributed by atoms with Gasteiger partial charge in [0.2, 0.25) is 5.43 Å². The lowest BCUT2D eigenvalue weighted by molar-refractivity contribution is -0.153. The van der Waals surface area contributed by atoms with Gasteiger partial charge < -0.3 is 20.4 Å². The standard InChI is InChI=1S/C23H21F5N4O4/c1-2-18(23(26,27)28)29-22(36)13-8-32(15-5-3-11(24)7-14(15)25)21-12(20(13)35)4-6-19(30-21)31-9-16(33)17(34)10-31/h3-8,16-18,33-34H,2,9-10H2,1H3,(H,29,36)/t16-,17-,18-/m1/s1. The Kier molecular flexibility index (Phi) is 6.71. The van der Waals surface area contributed by atoms with Crippen LogP contribution in [0.2, 0.25) is 0 Å². The summed E-state index contributed by atoms with van der Waals surface area (Å²) in [7, 11) is 0. The Morgan fingerprint density at radius 2 is 1.83 bits per heavy atom. The van der Waals surface area contributed by atoms with E-state index in [4.69, 9.17) is 0 Å². The van der Waals surface area contributed by atoms with Gasteiger partial charge in [0, 0.05) is 25.4 Å². The fourth-order valence-electron chi connectivity index (χ4n) is 4.00. The summed E-state index contributed by atoms with van der Waals surface area (Å²) in [5, 5.41) is 21.3. The molecule has 0 spiro atoms. The molecule has 3 N–H and O–H groups in total. The van der Waals surface area contributed by atoms with Crippen molar-refractivity contribution in [1.29, 1.82) is 0 Å². The van der Waals surface area contributed by atoms with Gasteiger partial charge in [-0.05, 0) is 30.7 Å². The highest BCUT2D eigenvalue weighted by Crippen LogP contribution is 2.26. The molecule has 3 aromatic rings. The first-order valence-corrected chi connectivity index (χ1v) is 10.9. The normalized spacial score (nSPS) is 19.1. The Labute approximate surface area is 200 Å². The molecule has 1 amide bonds.